The number of pyridine rings is 1. The van der Waals surface area contributed by atoms with E-state index < -0.39 is 18.3 Å². The molecule has 3 rings (SSSR count). The quantitative estimate of drug-likeness (QED) is 0.733. The van der Waals surface area contributed by atoms with Gasteiger partial charge in [-0.1, -0.05) is 30.3 Å². The number of fused-ring (bicyclic) bond motifs is 1. The molecule has 0 bridgehead atoms. The van der Waals surface area contributed by atoms with Gasteiger partial charge in [0.2, 0.25) is 0 Å². The number of methoxy groups -OCH3 is 1. The Morgan fingerprint density at radius 3 is 2.54 bits per heavy atom. The van der Waals surface area contributed by atoms with Gasteiger partial charge in [0.05, 0.1) is 26.4 Å². The standard InChI is InChI=1S/C20H18N2O4/c1-26-15-7-8-16-17(9-15)19(13-5-3-2-4-6-13)18(10-21)22(20(16)25)11-14(24)12-23/h2-9,14,23-24H,11-12H2,1H3/t14-/m1/s1. The second-order valence-corrected chi connectivity index (χ2v) is 5.87. The van der Waals surface area contributed by atoms with Crippen molar-refractivity contribution < 1.29 is 14.9 Å². The SMILES string of the molecule is COc1ccc2c(=O)n(C[C@@H](O)CO)c(C#N)c(-c3ccccc3)c2c1. The third-order valence-electron chi connectivity index (χ3n) is 4.25. The van der Waals surface area contributed by atoms with Gasteiger partial charge in [0, 0.05) is 16.3 Å². The van der Waals surface area contributed by atoms with Gasteiger partial charge in [0.1, 0.15) is 17.5 Å². The van der Waals surface area contributed by atoms with E-state index in [9.17, 15) is 15.2 Å². The van der Waals surface area contributed by atoms with E-state index in [2.05, 4.69) is 6.07 Å². The number of hydrogen-bond acceptors (Lipinski definition) is 5. The summed E-state index contributed by atoms with van der Waals surface area (Å²) in [7, 11) is 1.54. The van der Waals surface area contributed by atoms with E-state index in [-0.39, 0.29) is 12.2 Å². The molecule has 0 spiro atoms. The summed E-state index contributed by atoms with van der Waals surface area (Å²) in [5.74, 6) is 0.575. The summed E-state index contributed by atoms with van der Waals surface area (Å²) in [6.45, 7) is -0.668. The van der Waals surface area contributed by atoms with E-state index >= 15 is 0 Å². The highest BCUT2D eigenvalue weighted by Crippen LogP contribution is 2.32. The predicted molar refractivity (Wildman–Crippen MR) is 98.0 cm³/mol. The first-order chi connectivity index (χ1) is 12.6. The van der Waals surface area contributed by atoms with E-state index in [1.165, 1.54) is 11.7 Å². The molecule has 2 N–H and O–H groups in total. The van der Waals surface area contributed by atoms with Crippen molar-refractivity contribution in [3.05, 3.63) is 64.6 Å². The smallest absolute Gasteiger partial charge is 0.259 e. The Balaban J connectivity index is 2.45. The second-order valence-electron chi connectivity index (χ2n) is 5.87. The lowest BCUT2D eigenvalue weighted by Gasteiger charge is -2.18. The number of hydrogen-bond donors (Lipinski definition) is 2. The van der Waals surface area contributed by atoms with Crippen molar-refractivity contribution in [1.82, 2.24) is 4.57 Å². The van der Waals surface area contributed by atoms with E-state index in [0.29, 0.717) is 22.1 Å². The lowest BCUT2D eigenvalue weighted by Crippen LogP contribution is -2.31. The molecule has 0 saturated heterocycles. The minimum absolute atomic E-state index is 0.134. The molecule has 132 valence electrons. The van der Waals surface area contributed by atoms with Crippen molar-refractivity contribution in [2.75, 3.05) is 13.7 Å². The molecular weight excluding hydrogens is 332 g/mol. The molecule has 0 unspecified atom stereocenters. The van der Waals surface area contributed by atoms with Crippen LogP contribution in [0.3, 0.4) is 0 Å². The van der Waals surface area contributed by atoms with Crippen LogP contribution in [0.1, 0.15) is 5.69 Å². The third-order valence-corrected chi connectivity index (χ3v) is 4.25. The van der Waals surface area contributed by atoms with Gasteiger partial charge in [-0.3, -0.25) is 9.36 Å². The highest BCUT2D eigenvalue weighted by atomic mass is 16.5. The molecule has 0 radical (unpaired) electrons. The molecule has 1 aromatic heterocycles. The van der Waals surface area contributed by atoms with Gasteiger partial charge in [0.25, 0.3) is 5.56 Å². The van der Waals surface area contributed by atoms with Crippen LogP contribution in [0.4, 0.5) is 0 Å². The third kappa shape index (κ3) is 3.06. The topological polar surface area (TPSA) is 95.5 Å². The van der Waals surface area contributed by atoms with Crippen molar-refractivity contribution in [2.45, 2.75) is 12.6 Å². The second kappa shape index (κ2) is 7.40. The molecule has 1 heterocycles. The molecule has 0 fully saturated rings. The molecule has 0 amide bonds. The Hall–Kier alpha value is -3.14. The van der Waals surface area contributed by atoms with Crippen molar-refractivity contribution in [1.29, 1.82) is 5.26 Å². The summed E-state index contributed by atoms with van der Waals surface area (Å²) in [6, 6.07) is 16.4. The van der Waals surface area contributed by atoms with Gasteiger partial charge in [-0.25, -0.2) is 0 Å². The maximum atomic E-state index is 12.9. The predicted octanol–water partition coefficient (Wildman–Crippen LogP) is 1.90. The fraction of sp³-hybridized carbons (Fsp3) is 0.200. The summed E-state index contributed by atoms with van der Waals surface area (Å²) in [5, 5.41) is 29.8. The van der Waals surface area contributed by atoms with Gasteiger partial charge >= 0.3 is 0 Å². The monoisotopic (exact) mass is 350 g/mol. The molecule has 0 aliphatic carbocycles. The molecule has 1 atom stereocenters. The van der Waals surface area contributed by atoms with Crippen LogP contribution in [0.2, 0.25) is 0 Å². The lowest BCUT2D eigenvalue weighted by atomic mass is 9.96. The zero-order valence-electron chi connectivity index (χ0n) is 14.2. The van der Waals surface area contributed by atoms with Crippen molar-refractivity contribution in [2.24, 2.45) is 0 Å². The number of nitriles is 1. The van der Waals surface area contributed by atoms with Crippen LogP contribution in [0, 0.1) is 11.3 Å². The van der Waals surface area contributed by atoms with Gasteiger partial charge in [-0.05, 0) is 23.8 Å². The minimum Gasteiger partial charge on any atom is -0.497 e. The Bertz CT molecular complexity index is 1040. The highest BCUT2D eigenvalue weighted by molar-refractivity contribution is 5.99. The number of aromatic nitrogens is 1. The van der Waals surface area contributed by atoms with E-state index in [4.69, 9.17) is 9.84 Å². The molecule has 6 nitrogen and oxygen atoms in total. The van der Waals surface area contributed by atoms with E-state index in [1.54, 1.807) is 18.2 Å². The summed E-state index contributed by atoms with van der Waals surface area (Å²) < 4.78 is 6.49. The number of aliphatic hydroxyl groups excluding tert-OH is 2. The van der Waals surface area contributed by atoms with Crippen LogP contribution in [0.15, 0.2) is 53.3 Å². The number of aliphatic hydroxyl groups is 2. The van der Waals surface area contributed by atoms with Crippen LogP contribution in [0.5, 0.6) is 5.75 Å². The first-order valence-electron chi connectivity index (χ1n) is 8.09. The Labute approximate surface area is 150 Å². The summed E-state index contributed by atoms with van der Waals surface area (Å²) in [4.78, 5) is 12.9. The van der Waals surface area contributed by atoms with Gasteiger partial charge in [-0.15, -0.1) is 0 Å². The van der Waals surface area contributed by atoms with Crippen LogP contribution in [-0.2, 0) is 6.54 Å². The normalized spacial score (nSPS) is 11.9. The fourth-order valence-corrected chi connectivity index (χ4v) is 3.01. The van der Waals surface area contributed by atoms with Gasteiger partial charge < -0.3 is 14.9 Å². The van der Waals surface area contributed by atoms with Crippen molar-refractivity contribution >= 4 is 10.8 Å². The molecule has 26 heavy (non-hydrogen) atoms. The molecular formula is C20H18N2O4. The number of ether oxygens (including phenoxy) is 1. The van der Waals surface area contributed by atoms with Crippen molar-refractivity contribution in [3.63, 3.8) is 0 Å². The van der Waals surface area contributed by atoms with Crippen LogP contribution < -0.4 is 10.3 Å². The number of benzene rings is 2. The molecule has 0 aliphatic rings. The first-order valence-corrected chi connectivity index (χ1v) is 8.09. The average molecular weight is 350 g/mol. The first kappa shape index (κ1) is 17.7. The molecule has 3 aromatic rings. The zero-order valence-corrected chi connectivity index (χ0v) is 14.2. The summed E-state index contributed by atoms with van der Waals surface area (Å²) in [6.07, 6.45) is -1.14. The number of nitrogens with zero attached hydrogens (tertiary/aromatic N) is 2. The Morgan fingerprint density at radius 2 is 1.92 bits per heavy atom. The average Bonchev–Trinajstić information content (AvgIpc) is 2.69. The maximum absolute atomic E-state index is 12.9. The zero-order chi connectivity index (χ0) is 18.7. The molecule has 0 aliphatic heterocycles. The Kier molecular flexibility index (Phi) is 5.03. The van der Waals surface area contributed by atoms with Crippen LogP contribution >= 0.6 is 0 Å². The van der Waals surface area contributed by atoms with E-state index in [0.717, 1.165) is 5.56 Å². The largest absolute Gasteiger partial charge is 0.497 e. The summed E-state index contributed by atoms with van der Waals surface area (Å²) in [5.41, 5.74) is 1.10. The Morgan fingerprint density at radius 1 is 1.19 bits per heavy atom. The van der Waals surface area contributed by atoms with Crippen LogP contribution in [-0.4, -0.2) is 34.6 Å². The summed E-state index contributed by atoms with van der Waals surface area (Å²) >= 11 is 0. The van der Waals surface area contributed by atoms with E-state index in [1.807, 2.05) is 30.3 Å². The molecule has 2 aromatic carbocycles. The fourth-order valence-electron chi connectivity index (χ4n) is 3.01. The van der Waals surface area contributed by atoms with Gasteiger partial charge in [-0.2, -0.15) is 5.26 Å². The van der Waals surface area contributed by atoms with Gasteiger partial charge in [0.15, 0.2) is 0 Å². The van der Waals surface area contributed by atoms with Crippen molar-refractivity contribution in [3.8, 4) is 22.9 Å². The molecule has 6 heteroatoms. The lowest BCUT2D eigenvalue weighted by molar-refractivity contribution is 0.0803. The number of rotatable bonds is 5. The molecule has 0 saturated carbocycles. The minimum atomic E-state index is -1.14. The van der Waals surface area contributed by atoms with Crippen LogP contribution in [0.25, 0.3) is 21.9 Å². The maximum Gasteiger partial charge on any atom is 0.259 e. The highest BCUT2D eigenvalue weighted by Gasteiger charge is 2.20.